The van der Waals surface area contributed by atoms with Crippen LogP contribution in [0.3, 0.4) is 0 Å². The van der Waals surface area contributed by atoms with Crippen molar-refractivity contribution in [1.82, 2.24) is 24.5 Å². The van der Waals surface area contributed by atoms with Crippen LogP contribution in [-0.4, -0.2) is 35.0 Å². The van der Waals surface area contributed by atoms with Gasteiger partial charge in [0.1, 0.15) is 5.52 Å². The first-order valence-electron chi connectivity index (χ1n) is 9.24. The second-order valence-electron chi connectivity index (χ2n) is 7.30. The molecule has 0 amide bonds. The maximum Gasteiger partial charge on any atom is 0.299 e. The van der Waals surface area contributed by atoms with Crippen LogP contribution in [0.4, 0.5) is 5.82 Å². The maximum absolute atomic E-state index is 13.2. The molecule has 4 rings (SSSR count). The van der Waals surface area contributed by atoms with Crippen LogP contribution in [0, 0.1) is 17.6 Å². The molecule has 0 saturated heterocycles. The highest BCUT2D eigenvalue weighted by Crippen LogP contribution is 2.38. The van der Waals surface area contributed by atoms with E-state index in [1.54, 1.807) is 19.1 Å². The molecule has 1 atom stereocenters. The van der Waals surface area contributed by atoms with Gasteiger partial charge in [-0.2, -0.15) is 4.98 Å². The van der Waals surface area contributed by atoms with Crippen LogP contribution < -0.4 is 10.9 Å². The molecule has 0 bridgehead atoms. The van der Waals surface area contributed by atoms with Crippen molar-refractivity contribution in [2.45, 2.75) is 31.2 Å². The number of aryl methyl sites for hydroxylation is 1. The number of nitrogens with one attached hydrogen (secondary N) is 2. The summed E-state index contributed by atoms with van der Waals surface area (Å²) in [5.74, 6) is 0.363. The molecule has 0 aromatic carbocycles. The largest absolute Gasteiger partial charge is 0.360 e. The summed E-state index contributed by atoms with van der Waals surface area (Å²) in [7, 11) is -2.83. The number of hydrogen-bond donors (Lipinski definition) is 2. The first-order valence-corrected chi connectivity index (χ1v) is 11.6. The molecule has 3 aromatic heterocycles. The second kappa shape index (κ2) is 7.44. The maximum atomic E-state index is 13.2. The summed E-state index contributed by atoms with van der Waals surface area (Å²) in [6.45, 7) is 6.07. The van der Waals surface area contributed by atoms with E-state index in [4.69, 9.17) is 16.4 Å². The van der Waals surface area contributed by atoms with Crippen molar-refractivity contribution in [3.8, 4) is 0 Å². The Bertz CT molecular complexity index is 1330. The van der Waals surface area contributed by atoms with Crippen LogP contribution in [0.1, 0.15) is 24.2 Å². The number of halogens is 1. The minimum Gasteiger partial charge on any atom is -0.360 e. The fraction of sp³-hybridized carbons (Fsp3) is 0.316. The van der Waals surface area contributed by atoms with E-state index in [0.29, 0.717) is 33.1 Å². The number of aromatic nitrogens is 5. The predicted octanol–water partition coefficient (Wildman–Crippen LogP) is 3.07. The van der Waals surface area contributed by atoms with Gasteiger partial charge < -0.3 is 5.32 Å². The summed E-state index contributed by atoms with van der Waals surface area (Å²) in [6, 6.07) is 3.26. The Morgan fingerprint density at radius 3 is 2.70 bits per heavy atom. The molecule has 0 spiro atoms. The van der Waals surface area contributed by atoms with E-state index in [0.717, 1.165) is 12.8 Å². The van der Waals surface area contributed by atoms with Gasteiger partial charge in [0, 0.05) is 18.1 Å². The van der Waals surface area contributed by atoms with Crippen molar-refractivity contribution in [2.75, 3.05) is 11.6 Å². The Morgan fingerprint density at radius 2 is 2.10 bits per heavy atom. The van der Waals surface area contributed by atoms with Crippen molar-refractivity contribution >= 4 is 44.0 Å². The zero-order valence-electron chi connectivity index (χ0n) is 16.5. The molecule has 0 radical (unpaired) electrons. The topological polar surface area (TPSA) is 127 Å². The summed E-state index contributed by atoms with van der Waals surface area (Å²) in [5.41, 5.74) is 2.27. The normalized spacial score (nSPS) is 15.7. The highest BCUT2D eigenvalue weighted by molar-refractivity contribution is 7.91. The van der Waals surface area contributed by atoms with E-state index in [1.807, 2.05) is 0 Å². The fourth-order valence-corrected chi connectivity index (χ4v) is 3.86. The van der Waals surface area contributed by atoms with Gasteiger partial charge in [0.15, 0.2) is 11.5 Å². The lowest BCUT2D eigenvalue weighted by molar-refractivity contribution is 0.678. The molecular weight excluding hydrogens is 426 g/mol. The molecule has 1 fully saturated rings. The van der Waals surface area contributed by atoms with Gasteiger partial charge in [-0.15, -0.1) is 0 Å². The van der Waals surface area contributed by atoms with E-state index < -0.39 is 9.73 Å². The Balaban J connectivity index is 1.73. The van der Waals surface area contributed by atoms with E-state index >= 15 is 0 Å². The Labute approximate surface area is 178 Å². The second-order valence-corrected chi connectivity index (χ2v) is 9.80. The number of hydrogen-bond acceptors (Lipinski definition) is 8. The van der Waals surface area contributed by atoms with Crippen LogP contribution in [0.25, 0.3) is 16.9 Å². The summed E-state index contributed by atoms with van der Waals surface area (Å²) in [6.07, 6.45) is 4.70. The van der Waals surface area contributed by atoms with Crippen LogP contribution in [-0.2, 0) is 16.3 Å². The van der Waals surface area contributed by atoms with Crippen molar-refractivity contribution < 1.29 is 4.21 Å². The lowest BCUT2D eigenvalue weighted by atomic mass is 10.3. The summed E-state index contributed by atoms with van der Waals surface area (Å²) in [4.78, 5) is 30.6. The average molecular weight is 446 g/mol. The third-order valence-corrected chi connectivity index (χ3v) is 6.18. The van der Waals surface area contributed by atoms with Crippen molar-refractivity contribution in [3.05, 3.63) is 51.9 Å². The molecule has 3 heterocycles. The molecule has 2 N–H and O–H groups in total. The molecule has 1 aliphatic carbocycles. The van der Waals surface area contributed by atoms with Gasteiger partial charge in [-0.05, 0) is 49.4 Å². The van der Waals surface area contributed by atoms with Crippen molar-refractivity contribution in [3.63, 3.8) is 0 Å². The molecule has 9 nitrogen and oxygen atoms in total. The lowest BCUT2D eigenvalue weighted by Gasteiger charge is -2.15. The van der Waals surface area contributed by atoms with Crippen LogP contribution in [0.2, 0.25) is 5.28 Å². The van der Waals surface area contributed by atoms with Gasteiger partial charge in [0.2, 0.25) is 5.28 Å². The van der Waals surface area contributed by atoms with E-state index in [1.165, 1.54) is 17.0 Å². The monoisotopic (exact) mass is 445 g/mol. The van der Waals surface area contributed by atoms with Crippen molar-refractivity contribution in [1.29, 1.82) is 4.78 Å². The number of nitrogens with zero attached hydrogens (tertiary/aromatic N) is 5. The number of pyridine rings is 1. The Hall–Kier alpha value is -2.85. The molecular formula is C19H20ClN7O2S. The van der Waals surface area contributed by atoms with Gasteiger partial charge in [0.05, 0.1) is 32.6 Å². The van der Waals surface area contributed by atoms with Gasteiger partial charge >= 0.3 is 0 Å². The van der Waals surface area contributed by atoms with Crippen LogP contribution in [0.15, 0.2) is 34.6 Å². The summed E-state index contributed by atoms with van der Waals surface area (Å²) < 4.78 is 20.9. The summed E-state index contributed by atoms with van der Waals surface area (Å²) in [5, 5.41) is 3.07. The first kappa shape index (κ1) is 20.4. The molecule has 1 unspecified atom stereocenters. The van der Waals surface area contributed by atoms with Crippen molar-refractivity contribution in [2.24, 2.45) is 5.92 Å². The average Bonchev–Trinajstić information content (AvgIpc) is 3.51. The minimum atomic E-state index is -2.83. The Morgan fingerprint density at radius 1 is 1.37 bits per heavy atom. The molecule has 1 saturated carbocycles. The fourth-order valence-electron chi connectivity index (χ4n) is 3.07. The molecule has 156 valence electrons. The van der Waals surface area contributed by atoms with E-state index in [9.17, 15) is 9.00 Å². The molecule has 11 heteroatoms. The number of allylic oxidation sites excluding steroid dienone is 1. The molecule has 1 aliphatic rings. The number of anilines is 1. The van der Waals surface area contributed by atoms with Crippen LogP contribution in [0.5, 0.6) is 0 Å². The first-order chi connectivity index (χ1) is 14.1. The van der Waals surface area contributed by atoms with Gasteiger partial charge in [-0.25, -0.2) is 19.0 Å². The van der Waals surface area contributed by atoms with Gasteiger partial charge in [-0.3, -0.25) is 14.3 Å². The quantitative estimate of drug-likeness (QED) is 0.558. The smallest absolute Gasteiger partial charge is 0.299 e. The molecule has 0 aliphatic heterocycles. The number of fused-ring (bicyclic) bond motifs is 1. The highest BCUT2D eigenvalue weighted by Gasteiger charge is 2.29. The highest BCUT2D eigenvalue weighted by atomic mass is 35.5. The lowest BCUT2D eigenvalue weighted by Crippen LogP contribution is -2.26. The van der Waals surface area contributed by atoms with E-state index in [2.05, 4.69) is 31.8 Å². The standard InChI is InChI=1S/C19H20ClN7O2S/c1-10-15-17(26-19(20)24-10)27(11(2)12-4-5-12)18(28)16(25-15)23-8-13-6-7-14(9-22-13)30(3,21)29/h6-7,9,12,21H,2,4-5,8H2,1,3H3,(H,23,25). The Kier molecular flexibility index (Phi) is 5.07. The van der Waals surface area contributed by atoms with Gasteiger partial charge in [-0.1, -0.05) is 6.58 Å². The third-order valence-electron chi connectivity index (χ3n) is 4.87. The van der Waals surface area contributed by atoms with Gasteiger partial charge in [0.25, 0.3) is 5.56 Å². The minimum absolute atomic E-state index is 0.0467. The predicted molar refractivity (Wildman–Crippen MR) is 116 cm³/mol. The molecule has 30 heavy (non-hydrogen) atoms. The van der Waals surface area contributed by atoms with Crippen LogP contribution >= 0.6 is 11.6 Å². The zero-order chi connectivity index (χ0) is 21.6. The SMILES string of the molecule is C=C(C1CC1)n1c(=O)c(NCc2ccc(S(C)(=N)=O)cn2)nc2c(C)nc(Cl)nc21. The molecule has 3 aromatic rings. The number of rotatable bonds is 6. The third kappa shape index (κ3) is 3.92. The summed E-state index contributed by atoms with van der Waals surface area (Å²) >= 11 is 6.02. The van der Waals surface area contributed by atoms with E-state index in [-0.39, 0.29) is 29.1 Å². The zero-order valence-corrected chi connectivity index (χ0v) is 18.0.